The number of rotatable bonds is 5. The Kier molecular flexibility index (Phi) is 5.15. The summed E-state index contributed by atoms with van der Waals surface area (Å²) < 4.78 is 6.00. The molecule has 1 aromatic heterocycles. The molecule has 2 aliphatic rings. The zero-order chi connectivity index (χ0) is 21.7. The van der Waals surface area contributed by atoms with Crippen LogP contribution in [0, 0.1) is 5.41 Å². The Morgan fingerprint density at radius 2 is 2.00 bits per heavy atom. The summed E-state index contributed by atoms with van der Waals surface area (Å²) in [6, 6.07) is 4.95. The van der Waals surface area contributed by atoms with Crippen molar-refractivity contribution in [2.24, 2.45) is 5.41 Å². The summed E-state index contributed by atoms with van der Waals surface area (Å²) in [5.41, 5.74) is 1.25. The second-order valence-corrected chi connectivity index (χ2v) is 8.80. The average molecular weight is 446 g/mol. The van der Waals surface area contributed by atoms with Crippen molar-refractivity contribution in [3.05, 3.63) is 63.4 Å². The van der Waals surface area contributed by atoms with Crippen LogP contribution < -0.4 is 4.74 Å². The standard InChI is InChI=1S/C23H21Cl2NO4/c1-3-23-7-4-15(27)11-16(23)18-13(12-23)10-17(19(24)20(18)25)30-22(2,21(28)29)14-5-8-26-9-6-14/h5-6,8-11H,3-4,7,12H2,1-2H3,(H,28,29). The van der Waals surface area contributed by atoms with E-state index in [1.807, 2.05) is 0 Å². The predicted molar refractivity (Wildman–Crippen MR) is 115 cm³/mol. The number of carbonyl (C=O) groups excluding carboxylic acids is 1. The molecule has 0 saturated carbocycles. The number of aliphatic carboxylic acids is 1. The number of ether oxygens (including phenoxy) is 1. The molecule has 5 nitrogen and oxygen atoms in total. The summed E-state index contributed by atoms with van der Waals surface area (Å²) in [4.78, 5) is 28.2. The normalized spacial score (nSPS) is 22.0. The Morgan fingerprint density at radius 1 is 1.30 bits per heavy atom. The van der Waals surface area contributed by atoms with Gasteiger partial charge in [-0.2, -0.15) is 0 Å². The number of carboxylic acid groups (broad SMARTS) is 1. The Balaban J connectivity index is 1.83. The summed E-state index contributed by atoms with van der Waals surface area (Å²) in [5, 5.41) is 10.3. The fourth-order valence-electron chi connectivity index (χ4n) is 4.53. The third-order valence-corrected chi connectivity index (χ3v) is 7.26. The van der Waals surface area contributed by atoms with E-state index in [-0.39, 0.29) is 22.0 Å². The van der Waals surface area contributed by atoms with Gasteiger partial charge in [-0.1, -0.05) is 30.1 Å². The first-order valence-corrected chi connectivity index (χ1v) is 10.6. The van der Waals surface area contributed by atoms with Gasteiger partial charge in [-0.05, 0) is 61.6 Å². The van der Waals surface area contributed by atoms with Crippen molar-refractivity contribution in [1.82, 2.24) is 4.98 Å². The van der Waals surface area contributed by atoms with E-state index in [0.717, 1.165) is 29.5 Å². The van der Waals surface area contributed by atoms with E-state index in [2.05, 4.69) is 11.9 Å². The number of pyridine rings is 1. The van der Waals surface area contributed by atoms with Crippen LogP contribution in [0.3, 0.4) is 0 Å². The van der Waals surface area contributed by atoms with Crippen LogP contribution in [0.25, 0.3) is 5.57 Å². The molecule has 2 aromatic rings. The quantitative estimate of drug-likeness (QED) is 0.660. The van der Waals surface area contributed by atoms with Crippen molar-refractivity contribution < 1.29 is 19.4 Å². The highest BCUT2D eigenvalue weighted by atomic mass is 35.5. The number of carboxylic acids is 1. The maximum atomic E-state index is 12.1. The van der Waals surface area contributed by atoms with E-state index in [1.165, 1.54) is 19.3 Å². The molecule has 1 aromatic carbocycles. The van der Waals surface area contributed by atoms with Crippen LogP contribution in [0.5, 0.6) is 5.75 Å². The van der Waals surface area contributed by atoms with E-state index in [1.54, 1.807) is 24.3 Å². The fraction of sp³-hybridized carbons (Fsp3) is 0.348. The average Bonchev–Trinajstić information content (AvgIpc) is 3.06. The second kappa shape index (κ2) is 7.40. The molecule has 30 heavy (non-hydrogen) atoms. The lowest BCUT2D eigenvalue weighted by Crippen LogP contribution is -2.38. The van der Waals surface area contributed by atoms with E-state index >= 15 is 0 Å². The van der Waals surface area contributed by atoms with E-state index in [0.29, 0.717) is 23.4 Å². The molecule has 0 fully saturated rings. The van der Waals surface area contributed by atoms with Gasteiger partial charge in [0.15, 0.2) is 5.78 Å². The van der Waals surface area contributed by atoms with Gasteiger partial charge in [0.25, 0.3) is 0 Å². The minimum absolute atomic E-state index is 0.0885. The Hall–Kier alpha value is -2.37. The molecular weight excluding hydrogens is 425 g/mol. The van der Waals surface area contributed by atoms with Crippen molar-refractivity contribution in [3.8, 4) is 5.75 Å². The maximum Gasteiger partial charge on any atom is 0.352 e. The minimum atomic E-state index is -1.67. The van der Waals surface area contributed by atoms with Crippen molar-refractivity contribution in [3.63, 3.8) is 0 Å². The van der Waals surface area contributed by atoms with Gasteiger partial charge in [-0.15, -0.1) is 0 Å². The maximum absolute atomic E-state index is 12.1. The number of hydrogen-bond acceptors (Lipinski definition) is 4. The van der Waals surface area contributed by atoms with Gasteiger partial charge in [0.2, 0.25) is 5.60 Å². The van der Waals surface area contributed by atoms with Gasteiger partial charge >= 0.3 is 5.97 Å². The first kappa shape index (κ1) is 20.9. The number of aromatic nitrogens is 1. The summed E-state index contributed by atoms with van der Waals surface area (Å²) in [5.74, 6) is -0.863. The highest BCUT2D eigenvalue weighted by Crippen LogP contribution is 2.58. The molecule has 156 valence electrons. The predicted octanol–water partition coefficient (Wildman–Crippen LogP) is 5.47. The minimum Gasteiger partial charge on any atom is -0.478 e. The zero-order valence-corrected chi connectivity index (χ0v) is 18.2. The number of halogens is 2. The number of benzene rings is 1. The lowest BCUT2D eigenvalue weighted by molar-refractivity contribution is -0.154. The van der Waals surface area contributed by atoms with Gasteiger partial charge in [0.1, 0.15) is 10.8 Å². The third-order valence-electron chi connectivity index (χ3n) is 6.41. The van der Waals surface area contributed by atoms with Gasteiger partial charge < -0.3 is 9.84 Å². The van der Waals surface area contributed by atoms with Gasteiger partial charge in [0.05, 0.1) is 5.02 Å². The van der Waals surface area contributed by atoms with E-state index in [4.69, 9.17) is 27.9 Å². The molecule has 0 amide bonds. The highest BCUT2D eigenvalue weighted by Gasteiger charge is 2.45. The molecule has 4 rings (SSSR count). The summed E-state index contributed by atoms with van der Waals surface area (Å²) in [7, 11) is 0. The second-order valence-electron chi connectivity index (χ2n) is 8.05. The first-order chi connectivity index (χ1) is 14.2. The summed E-state index contributed by atoms with van der Waals surface area (Å²) in [6.07, 6.45) is 7.57. The molecular formula is C23H21Cl2NO4. The van der Waals surface area contributed by atoms with Crippen LogP contribution in [-0.2, 0) is 21.6 Å². The Labute approximate surface area is 184 Å². The zero-order valence-electron chi connectivity index (χ0n) is 16.7. The molecule has 2 atom stereocenters. The number of ketones is 1. The van der Waals surface area contributed by atoms with E-state index in [9.17, 15) is 14.7 Å². The molecule has 0 bridgehead atoms. The van der Waals surface area contributed by atoms with Gasteiger partial charge in [-0.25, -0.2) is 4.79 Å². The number of hydrogen-bond donors (Lipinski definition) is 1. The lowest BCUT2D eigenvalue weighted by atomic mass is 9.71. The highest BCUT2D eigenvalue weighted by molar-refractivity contribution is 6.44. The van der Waals surface area contributed by atoms with Crippen LogP contribution in [0.4, 0.5) is 0 Å². The topological polar surface area (TPSA) is 76.5 Å². The van der Waals surface area contributed by atoms with Crippen molar-refractivity contribution in [2.75, 3.05) is 0 Å². The van der Waals surface area contributed by atoms with Crippen molar-refractivity contribution >= 4 is 40.5 Å². The molecule has 2 aliphatic carbocycles. The fourth-order valence-corrected chi connectivity index (χ4v) is 5.04. The molecule has 0 saturated heterocycles. The lowest BCUT2D eigenvalue weighted by Gasteiger charge is -2.32. The smallest absolute Gasteiger partial charge is 0.352 e. The molecule has 2 unspecified atom stereocenters. The van der Waals surface area contributed by atoms with Gasteiger partial charge in [-0.3, -0.25) is 9.78 Å². The summed E-state index contributed by atoms with van der Waals surface area (Å²) in [6.45, 7) is 3.57. The van der Waals surface area contributed by atoms with E-state index < -0.39 is 11.6 Å². The SMILES string of the molecule is CCC12CCC(=O)C=C1c1c(cc(OC(C)(C(=O)O)c3ccncc3)c(Cl)c1Cl)C2. The first-order valence-electron chi connectivity index (χ1n) is 9.81. The van der Waals surface area contributed by atoms with Crippen LogP contribution in [0.15, 0.2) is 36.7 Å². The summed E-state index contributed by atoms with van der Waals surface area (Å²) >= 11 is 13.2. The Bertz CT molecular complexity index is 1080. The van der Waals surface area contributed by atoms with Crippen molar-refractivity contribution in [1.29, 1.82) is 0 Å². The molecule has 1 N–H and O–H groups in total. The van der Waals surface area contributed by atoms with Crippen LogP contribution in [-0.4, -0.2) is 21.8 Å². The van der Waals surface area contributed by atoms with Crippen LogP contribution in [0.1, 0.15) is 49.8 Å². The molecule has 0 spiro atoms. The molecule has 7 heteroatoms. The van der Waals surface area contributed by atoms with Crippen LogP contribution in [0.2, 0.25) is 10.0 Å². The third kappa shape index (κ3) is 3.12. The molecule has 0 aliphatic heterocycles. The van der Waals surface area contributed by atoms with Gasteiger partial charge in [0, 0.05) is 35.4 Å². The molecule has 1 heterocycles. The number of carbonyl (C=O) groups is 2. The monoisotopic (exact) mass is 445 g/mol. The largest absolute Gasteiger partial charge is 0.478 e. The number of nitrogens with zero attached hydrogens (tertiary/aromatic N) is 1. The number of fused-ring (bicyclic) bond motifs is 3. The van der Waals surface area contributed by atoms with Crippen molar-refractivity contribution in [2.45, 2.75) is 45.1 Å². The number of allylic oxidation sites excluding steroid dienone is 2. The van der Waals surface area contributed by atoms with Crippen LogP contribution >= 0.6 is 23.2 Å². The molecule has 0 radical (unpaired) electrons. The Morgan fingerprint density at radius 3 is 2.63 bits per heavy atom.